The van der Waals surface area contributed by atoms with Crippen molar-refractivity contribution in [2.24, 2.45) is 0 Å². The minimum absolute atomic E-state index is 0.156. The van der Waals surface area contributed by atoms with Crippen LogP contribution in [0.1, 0.15) is 5.56 Å². The molecule has 3 nitrogen and oxygen atoms in total. The van der Waals surface area contributed by atoms with E-state index in [-0.39, 0.29) is 5.69 Å². The van der Waals surface area contributed by atoms with Crippen LogP contribution in [0.25, 0.3) is 0 Å². The van der Waals surface area contributed by atoms with Crippen LogP contribution in [0, 0.1) is 5.82 Å². The molecule has 5 heteroatoms. The van der Waals surface area contributed by atoms with E-state index in [0.717, 1.165) is 4.43 Å². The van der Waals surface area contributed by atoms with Gasteiger partial charge in [0, 0.05) is 10.1 Å². The number of para-hydroxylation sites is 1. The van der Waals surface area contributed by atoms with Crippen molar-refractivity contribution >= 4 is 40.0 Å². The van der Waals surface area contributed by atoms with E-state index in [0.29, 0.717) is 5.69 Å². The van der Waals surface area contributed by atoms with Gasteiger partial charge in [0.2, 0.25) is 0 Å². The van der Waals surface area contributed by atoms with Gasteiger partial charge in [-0.25, -0.2) is 9.18 Å². The smallest absolute Gasteiger partial charge is 0.308 e. The van der Waals surface area contributed by atoms with Gasteiger partial charge in [0.25, 0.3) is 0 Å². The van der Waals surface area contributed by atoms with Crippen molar-refractivity contribution in [3.63, 3.8) is 0 Å². The SMILES string of the molecule is O=C(Nc1ccc(CI)cc1)Nc1ccccc1F. The summed E-state index contributed by atoms with van der Waals surface area (Å²) in [6.07, 6.45) is 0. The Labute approximate surface area is 124 Å². The third-order valence-corrected chi connectivity index (χ3v) is 3.37. The van der Waals surface area contributed by atoms with Crippen molar-refractivity contribution in [2.45, 2.75) is 4.43 Å². The molecule has 0 aliphatic heterocycles. The standard InChI is InChI=1S/C14H12FIN2O/c15-12-3-1-2-4-13(12)18-14(19)17-11-7-5-10(9-16)6-8-11/h1-8H,9H2,(H2,17,18,19). The number of alkyl halides is 1. The number of amides is 2. The first-order chi connectivity index (χ1) is 9.19. The molecule has 0 fully saturated rings. The van der Waals surface area contributed by atoms with Gasteiger partial charge in [0.05, 0.1) is 5.69 Å². The van der Waals surface area contributed by atoms with E-state index in [4.69, 9.17) is 0 Å². The van der Waals surface area contributed by atoms with Gasteiger partial charge in [-0.3, -0.25) is 0 Å². The number of carbonyl (C=O) groups is 1. The van der Waals surface area contributed by atoms with Crippen LogP contribution in [0.2, 0.25) is 0 Å². The molecule has 0 saturated carbocycles. The van der Waals surface area contributed by atoms with Gasteiger partial charge in [-0.2, -0.15) is 0 Å². The van der Waals surface area contributed by atoms with E-state index in [1.54, 1.807) is 12.1 Å². The molecule has 0 aromatic heterocycles. The van der Waals surface area contributed by atoms with Crippen molar-refractivity contribution < 1.29 is 9.18 Å². The summed E-state index contributed by atoms with van der Waals surface area (Å²) >= 11 is 2.27. The van der Waals surface area contributed by atoms with Crippen LogP contribution in [0.15, 0.2) is 48.5 Å². The highest BCUT2D eigenvalue weighted by molar-refractivity contribution is 14.1. The summed E-state index contributed by atoms with van der Waals surface area (Å²) in [6, 6.07) is 13.1. The molecule has 2 aromatic carbocycles. The molecule has 0 unspecified atom stereocenters. The molecule has 2 aromatic rings. The highest BCUT2D eigenvalue weighted by Gasteiger charge is 2.06. The van der Waals surface area contributed by atoms with Crippen molar-refractivity contribution in [3.05, 3.63) is 59.9 Å². The molecule has 0 heterocycles. The zero-order chi connectivity index (χ0) is 13.7. The van der Waals surface area contributed by atoms with Crippen LogP contribution >= 0.6 is 22.6 Å². The molecule has 0 aliphatic carbocycles. The van der Waals surface area contributed by atoms with E-state index in [9.17, 15) is 9.18 Å². The van der Waals surface area contributed by atoms with Gasteiger partial charge in [0.1, 0.15) is 5.82 Å². The number of anilines is 2. The summed E-state index contributed by atoms with van der Waals surface area (Å²) in [7, 11) is 0. The normalized spacial score (nSPS) is 10.0. The fraction of sp³-hybridized carbons (Fsp3) is 0.0714. The quantitative estimate of drug-likeness (QED) is 0.610. The molecular formula is C14H12FIN2O. The van der Waals surface area contributed by atoms with Crippen LogP contribution in [-0.4, -0.2) is 6.03 Å². The van der Waals surface area contributed by atoms with Gasteiger partial charge in [-0.1, -0.05) is 46.9 Å². The lowest BCUT2D eigenvalue weighted by molar-refractivity contribution is 0.262. The Morgan fingerprint density at radius 1 is 1.05 bits per heavy atom. The summed E-state index contributed by atoms with van der Waals surface area (Å²) in [6.45, 7) is 0. The van der Waals surface area contributed by atoms with Crippen LogP contribution in [0.3, 0.4) is 0 Å². The number of urea groups is 1. The predicted octanol–water partition coefficient (Wildman–Crippen LogP) is 4.40. The van der Waals surface area contributed by atoms with Gasteiger partial charge < -0.3 is 10.6 Å². The average Bonchev–Trinajstić information content (AvgIpc) is 2.42. The zero-order valence-electron chi connectivity index (χ0n) is 9.99. The maximum atomic E-state index is 13.3. The fourth-order valence-corrected chi connectivity index (χ4v) is 2.03. The minimum Gasteiger partial charge on any atom is -0.308 e. The number of hydrogen-bond donors (Lipinski definition) is 2. The molecular weight excluding hydrogens is 358 g/mol. The van der Waals surface area contributed by atoms with Gasteiger partial charge in [0.15, 0.2) is 0 Å². The van der Waals surface area contributed by atoms with Crippen LogP contribution in [0.5, 0.6) is 0 Å². The molecule has 0 spiro atoms. The van der Waals surface area contributed by atoms with E-state index in [1.807, 2.05) is 24.3 Å². The summed E-state index contributed by atoms with van der Waals surface area (Å²) in [4.78, 5) is 11.7. The predicted molar refractivity (Wildman–Crippen MR) is 83.2 cm³/mol. The summed E-state index contributed by atoms with van der Waals surface area (Å²) in [5.74, 6) is -0.460. The second-order valence-electron chi connectivity index (χ2n) is 3.89. The van der Waals surface area contributed by atoms with Gasteiger partial charge in [-0.05, 0) is 29.8 Å². The van der Waals surface area contributed by atoms with E-state index in [1.165, 1.54) is 17.7 Å². The highest BCUT2D eigenvalue weighted by atomic mass is 127. The third-order valence-electron chi connectivity index (χ3n) is 2.49. The molecule has 0 atom stereocenters. The molecule has 98 valence electrons. The molecule has 0 aliphatic rings. The Morgan fingerprint density at radius 3 is 2.37 bits per heavy atom. The van der Waals surface area contributed by atoms with Crippen molar-refractivity contribution in [2.75, 3.05) is 10.6 Å². The van der Waals surface area contributed by atoms with Crippen molar-refractivity contribution in [1.82, 2.24) is 0 Å². The maximum absolute atomic E-state index is 13.3. The lowest BCUT2D eigenvalue weighted by atomic mass is 10.2. The van der Waals surface area contributed by atoms with Crippen LogP contribution < -0.4 is 10.6 Å². The number of halogens is 2. The zero-order valence-corrected chi connectivity index (χ0v) is 12.1. The molecule has 19 heavy (non-hydrogen) atoms. The summed E-state index contributed by atoms with van der Waals surface area (Å²) in [5, 5.41) is 5.11. The monoisotopic (exact) mass is 370 g/mol. The van der Waals surface area contributed by atoms with Crippen molar-refractivity contribution in [1.29, 1.82) is 0 Å². The lowest BCUT2D eigenvalue weighted by Gasteiger charge is -2.08. The molecule has 0 radical (unpaired) electrons. The third kappa shape index (κ3) is 3.92. The topological polar surface area (TPSA) is 41.1 Å². The van der Waals surface area contributed by atoms with Gasteiger partial charge in [-0.15, -0.1) is 0 Å². The van der Waals surface area contributed by atoms with E-state index >= 15 is 0 Å². The highest BCUT2D eigenvalue weighted by Crippen LogP contribution is 2.15. The average molecular weight is 370 g/mol. The number of nitrogens with one attached hydrogen (secondary N) is 2. The fourth-order valence-electron chi connectivity index (χ4n) is 1.52. The van der Waals surface area contributed by atoms with Crippen LogP contribution in [0.4, 0.5) is 20.6 Å². The molecule has 0 bridgehead atoms. The lowest BCUT2D eigenvalue weighted by Crippen LogP contribution is -2.20. The minimum atomic E-state index is -0.465. The van der Waals surface area contributed by atoms with Gasteiger partial charge >= 0.3 is 6.03 Å². The Morgan fingerprint density at radius 2 is 1.74 bits per heavy atom. The Bertz CT molecular complexity index is 572. The second-order valence-corrected chi connectivity index (χ2v) is 4.65. The first kappa shape index (κ1) is 13.8. The second kappa shape index (κ2) is 6.51. The first-order valence-corrected chi connectivity index (χ1v) is 7.19. The Hall–Kier alpha value is -1.63. The molecule has 2 amide bonds. The van der Waals surface area contributed by atoms with Crippen molar-refractivity contribution in [3.8, 4) is 0 Å². The Kier molecular flexibility index (Phi) is 4.73. The van der Waals surface area contributed by atoms with Crippen LogP contribution in [-0.2, 0) is 4.43 Å². The first-order valence-electron chi connectivity index (χ1n) is 5.66. The largest absolute Gasteiger partial charge is 0.323 e. The summed E-state index contributed by atoms with van der Waals surface area (Å²) < 4.78 is 14.3. The summed E-state index contributed by atoms with van der Waals surface area (Å²) in [5.41, 5.74) is 2.01. The number of carbonyl (C=O) groups excluding carboxylic acids is 1. The number of benzene rings is 2. The maximum Gasteiger partial charge on any atom is 0.323 e. The van der Waals surface area contributed by atoms with E-state index < -0.39 is 11.8 Å². The molecule has 2 N–H and O–H groups in total. The Balaban J connectivity index is 1.99. The van der Waals surface area contributed by atoms with E-state index in [2.05, 4.69) is 33.2 Å². The number of hydrogen-bond acceptors (Lipinski definition) is 1. The molecule has 0 saturated heterocycles. The number of rotatable bonds is 3. The molecule has 2 rings (SSSR count).